The van der Waals surface area contributed by atoms with E-state index in [1.54, 1.807) is 24.3 Å². The molecule has 104 valence electrons. The molecule has 1 aromatic heterocycles. The smallest absolute Gasteiger partial charge is 0.301 e. The predicted octanol–water partition coefficient (Wildman–Crippen LogP) is 0.561. The zero-order valence-electron chi connectivity index (χ0n) is 10.5. The van der Waals surface area contributed by atoms with Crippen molar-refractivity contribution < 1.29 is 18.7 Å². The highest BCUT2D eigenvalue weighted by atomic mass is 16.5. The van der Waals surface area contributed by atoms with Crippen molar-refractivity contribution in [2.45, 2.75) is 6.61 Å². The maximum Gasteiger partial charge on any atom is 0.301 e. The molecule has 20 heavy (non-hydrogen) atoms. The van der Waals surface area contributed by atoms with Crippen molar-refractivity contribution in [3.63, 3.8) is 0 Å². The molecule has 0 bridgehead atoms. The summed E-state index contributed by atoms with van der Waals surface area (Å²) in [5.74, 6) is 4.50. The van der Waals surface area contributed by atoms with E-state index in [1.165, 1.54) is 12.3 Å². The summed E-state index contributed by atoms with van der Waals surface area (Å²) in [6, 6.07) is 8.03. The highest BCUT2D eigenvalue weighted by Crippen LogP contribution is 2.17. The minimum absolute atomic E-state index is 0.0820. The SMILES string of the molecule is NNC(=O)c1occc1COc1cccc(C(N)=O)c1. The normalized spacial score (nSPS) is 10.1. The molecular formula is C13H13N3O4. The van der Waals surface area contributed by atoms with E-state index in [1.807, 2.05) is 5.43 Å². The van der Waals surface area contributed by atoms with E-state index in [9.17, 15) is 9.59 Å². The van der Waals surface area contributed by atoms with Crippen LogP contribution in [0.4, 0.5) is 0 Å². The molecule has 2 amide bonds. The number of carbonyl (C=O) groups is 2. The molecule has 7 nitrogen and oxygen atoms in total. The van der Waals surface area contributed by atoms with Gasteiger partial charge >= 0.3 is 5.91 Å². The maximum atomic E-state index is 11.4. The Bertz CT molecular complexity index is 636. The van der Waals surface area contributed by atoms with Gasteiger partial charge in [-0.3, -0.25) is 15.0 Å². The van der Waals surface area contributed by atoms with Gasteiger partial charge in [-0.1, -0.05) is 6.07 Å². The van der Waals surface area contributed by atoms with Gasteiger partial charge in [0.05, 0.1) is 6.26 Å². The molecule has 0 saturated heterocycles. The molecule has 0 unspecified atom stereocenters. The standard InChI is InChI=1S/C13H13N3O4/c14-12(17)8-2-1-3-10(6-8)20-7-9-4-5-19-11(9)13(18)16-15/h1-6H,7,15H2,(H2,14,17)(H,16,18). The second-order valence-corrected chi connectivity index (χ2v) is 3.93. The van der Waals surface area contributed by atoms with E-state index in [0.29, 0.717) is 16.9 Å². The van der Waals surface area contributed by atoms with Gasteiger partial charge in [-0.15, -0.1) is 0 Å². The molecule has 2 aromatic rings. The van der Waals surface area contributed by atoms with Crippen LogP contribution >= 0.6 is 0 Å². The number of carbonyl (C=O) groups excluding carboxylic acids is 2. The first-order valence-corrected chi connectivity index (χ1v) is 5.72. The number of nitrogens with one attached hydrogen (secondary N) is 1. The fourth-order valence-electron chi connectivity index (χ4n) is 1.61. The van der Waals surface area contributed by atoms with Crippen molar-refractivity contribution >= 4 is 11.8 Å². The first-order valence-electron chi connectivity index (χ1n) is 5.72. The van der Waals surface area contributed by atoms with Crippen LogP contribution in [0.2, 0.25) is 0 Å². The average Bonchev–Trinajstić information content (AvgIpc) is 2.93. The number of rotatable bonds is 5. The molecule has 1 aromatic carbocycles. The van der Waals surface area contributed by atoms with Crippen molar-refractivity contribution in [2.24, 2.45) is 11.6 Å². The van der Waals surface area contributed by atoms with Crippen LogP contribution in [0.25, 0.3) is 0 Å². The number of hydrogen-bond donors (Lipinski definition) is 3. The van der Waals surface area contributed by atoms with Crippen molar-refractivity contribution in [1.82, 2.24) is 5.43 Å². The van der Waals surface area contributed by atoms with Gasteiger partial charge in [-0.2, -0.15) is 0 Å². The Morgan fingerprint density at radius 1 is 1.30 bits per heavy atom. The summed E-state index contributed by atoms with van der Waals surface area (Å²) in [7, 11) is 0. The summed E-state index contributed by atoms with van der Waals surface area (Å²) in [5.41, 5.74) is 8.04. The molecule has 0 aliphatic rings. The van der Waals surface area contributed by atoms with E-state index in [0.717, 1.165) is 0 Å². The fraction of sp³-hybridized carbons (Fsp3) is 0.0769. The number of furan rings is 1. The van der Waals surface area contributed by atoms with Crippen LogP contribution < -0.4 is 21.7 Å². The van der Waals surface area contributed by atoms with E-state index in [4.69, 9.17) is 20.7 Å². The highest BCUT2D eigenvalue weighted by Gasteiger charge is 2.14. The van der Waals surface area contributed by atoms with Gasteiger partial charge in [0.1, 0.15) is 12.4 Å². The monoisotopic (exact) mass is 275 g/mol. The van der Waals surface area contributed by atoms with Crippen LogP contribution in [0.3, 0.4) is 0 Å². The van der Waals surface area contributed by atoms with Gasteiger partial charge in [0.25, 0.3) is 0 Å². The first-order chi connectivity index (χ1) is 9.61. The van der Waals surface area contributed by atoms with E-state index in [2.05, 4.69) is 0 Å². The van der Waals surface area contributed by atoms with Crippen LogP contribution in [0, 0.1) is 0 Å². The molecule has 0 fully saturated rings. The van der Waals surface area contributed by atoms with Crippen LogP contribution in [-0.2, 0) is 6.61 Å². The predicted molar refractivity (Wildman–Crippen MR) is 69.7 cm³/mol. The summed E-state index contributed by atoms with van der Waals surface area (Å²) in [6.07, 6.45) is 1.36. The number of primary amides is 1. The quantitative estimate of drug-likeness (QED) is 0.418. The van der Waals surface area contributed by atoms with Gasteiger partial charge in [0, 0.05) is 11.1 Å². The van der Waals surface area contributed by atoms with Gasteiger partial charge in [-0.25, -0.2) is 5.84 Å². The van der Waals surface area contributed by atoms with Crippen molar-refractivity contribution in [3.8, 4) is 5.75 Å². The lowest BCUT2D eigenvalue weighted by atomic mass is 10.2. The lowest BCUT2D eigenvalue weighted by molar-refractivity contribution is 0.0922. The highest BCUT2D eigenvalue weighted by molar-refractivity contribution is 5.93. The minimum Gasteiger partial charge on any atom is -0.489 e. The summed E-state index contributed by atoms with van der Waals surface area (Å²) in [5, 5.41) is 0. The molecule has 5 N–H and O–H groups in total. The third-order valence-electron chi connectivity index (χ3n) is 2.60. The summed E-state index contributed by atoms with van der Waals surface area (Å²) in [6.45, 7) is 0.0987. The molecule has 7 heteroatoms. The Kier molecular flexibility index (Phi) is 4.02. The molecule has 0 aliphatic heterocycles. The second kappa shape index (κ2) is 5.89. The molecule has 0 atom stereocenters. The Morgan fingerprint density at radius 3 is 2.80 bits per heavy atom. The zero-order chi connectivity index (χ0) is 14.5. The third kappa shape index (κ3) is 2.96. The Hall–Kier alpha value is -2.80. The zero-order valence-corrected chi connectivity index (χ0v) is 10.5. The van der Waals surface area contributed by atoms with Gasteiger partial charge < -0.3 is 14.9 Å². The van der Waals surface area contributed by atoms with Crippen LogP contribution in [0.1, 0.15) is 26.5 Å². The van der Waals surface area contributed by atoms with Gasteiger partial charge in [-0.05, 0) is 24.3 Å². The number of ether oxygens (including phenoxy) is 1. The van der Waals surface area contributed by atoms with Crippen molar-refractivity contribution in [1.29, 1.82) is 0 Å². The summed E-state index contributed by atoms with van der Waals surface area (Å²) >= 11 is 0. The maximum absolute atomic E-state index is 11.4. The summed E-state index contributed by atoms with van der Waals surface area (Å²) < 4.78 is 10.5. The molecule has 0 saturated carbocycles. The molecule has 0 spiro atoms. The minimum atomic E-state index is -0.542. The fourth-order valence-corrected chi connectivity index (χ4v) is 1.61. The Morgan fingerprint density at radius 2 is 2.10 bits per heavy atom. The number of nitrogen functional groups attached to an aromatic ring is 1. The number of hydrogen-bond acceptors (Lipinski definition) is 5. The Labute approximate surface area is 114 Å². The topological polar surface area (TPSA) is 121 Å². The van der Waals surface area contributed by atoms with E-state index < -0.39 is 11.8 Å². The molecule has 2 rings (SSSR count). The van der Waals surface area contributed by atoms with Gasteiger partial charge in [0.2, 0.25) is 5.91 Å². The molecule has 0 aliphatic carbocycles. The summed E-state index contributed by atoms with van der Waals surface area (Å²) in [4.78, 5) is 22.5. The first kappa shape index (κ1) is 13.6. The molecule has 1 heterocycles. The van der Waals surface area contributed by atoms with E-state index >= 15 is 0 Å². The Balaban J connectivity index is 2.09. The van der Waals surface area contributed by atoms with E-state index in [-0.39, 0.29) is 12.4 Å². The van der Waals surface area contributed by atoms with Gasteiger partial charge in [0.15, 0.2) is 5.76 Å². The average molecular weight is 275 g/mol. The number of benzene rings is 1. The third-order valence-corrected chi connectivity index (χ3v) is 2.60. The number of nitrogens with two attached hydrogens (primary N) is 2. The molecule has 0 radical (unpaired) electrons. The van der Waals surface area contributed by atoms with Crippen LogP contribution in [-0.4, -0.2) is 11.8 Å². The lowest BCUT2D eigenvalue weighted by Crippen LogP contribution is -2.30. The van der Waals surface area contributed by atoms with Crippen LogP contribution in [0.5, 0.6) is 5.75 Å². The van der Waals surface area contributed by atoms with Crippen molar-refractivity contribution in [2.75, 3.05) is 0 Å². The second-order valence-electron chi connectivity index (χ2n) is 3.93. The lowest BCUT2D eigenvalue weighted by Gasteiger charge is -2.07. The van der Waals surface area contributed by atoms with Crippen molar-refractivity contribution in [3.05, 3.63) is 53.5 Å². The van der Waals surface area contributed by atoms with Crippen LogP contribution in [0.15, 0.2) is 41.0 Å². The largest absolute Gasteiger partial charge is 0.489 e. The molecular weight excluding hydrogens is 262 g/mol. The number of amides is 2. The number of hydrazine groups is 1.